The normalized spacial score (nSPS) is 15.6. The Labute approximate surface area is 105 Å². The second kappa shape index (κ2) is 4.90. The first-order valence-electron chi connectivity index (χ1n) is 5.55. The molecule has 0 fully saturated rings. The Balaban J connectivity index is 2.23. The molecule has 0 saturated carbocycles. The monoisotopic (exact) mass is 277 g/mol. The molecule has 0 spiro atoms. The van der Waals surface area contributed by atoms with Crippen molar-refractivity contribution < 1.29 is 12.3 Å². The second-order valence-corrected chi connectivity index (χ2v) is 6.09. The average molecular weight is 278 g/mol. The van der Waals surface area contributed by atoms with Crippen LogP contribution in [0.5, 0.6) is 0 Å². The maximum Gasteiger partial charge on any atom is 0.302 e. The Morgan fingerprint density at radius 3 is 2.76 bits per heavy atom. The van der Waals surface area contributed by atoms with Gasteiger partial charge in [0.2, 0.25) is 0 Å². The molecule has 0 saturated heterocycles. The molecule has 0 aliphatic heterocycles. The summed E-state index contributed by atoms with van der Waals surface area (Å²) in [7, 11) is -4.45. The molecule has 0 amide bonds. The van der Waals surface area contributed by atoms with Crippen LogP contribution in [0.15, 0.2) is 6.07 Å². The summed E-state index contributed by atoms with van der Waals surface area (Å²) in [6.45, 7) is 0. The average Bonchev–Trinajstić information content (AvgIpc) is 2.25. The fourth-order valence-electron chi connectivity index (χ4n) is 2.06. The Morgan fingerprint density at radius 1 is 1.35 bits per heavy atom. The third-order valence-corrected chi connectivity index (χ3v) is 3.96. The Hall–Kier alpha value is -0.680. The van der Waals surface area contributed by atoms with Crippen molar-refractivity contribution in [1.29, 1.82) is 0 Å². The molecule has 0 radical (unpaired) electrons. The van der Waals surface area contributed by atoms with Crippen molar-refractivity contribution in [3.63, 3.8) is 0 Å². The summed E-state index contributed by atoms with van der Waals surface area (Å²) in [5, 5.41) is 0.300. The first-order valence-corrected chi connectivity index (χ1v) is 7.48. The summed E-state index contributed by atoms with van der Waals surface area (Å²) in [6, 6.07) is 1.87. The van der Waals surface area contributed by atoms with Crippen molar-refractivity contribution in [2.24, 2.45) is 0 Å². The van der Waals surface area contributed by atoms with Gasteiger partial charge in [-0.2, -0.15) is 8.42 Å². The first-order chi connectivity index (χ1) is 7.96. The molecule has 2 rings (SSSR count). The molecule has 0 aromatic carbocycles. The summed E-state index contributed by atoms with van der Waals surface area (Å²) in [5.41, 5.74) is 2.73. The number of aromatic nitrogens is 1. The molecule has 1 aromatic rings. The molecule has 0 atom stereocenters. The quantitative estimate of drug-likeness (QED) is 0.630. The lowest BCUT2D eigenvalue weighted by atomic mass is 9.95. The van der Waals surface area contributed by atoms with Gasteiger partial charge in [0.1, 0.15) is 5.15 Å². The number of rotatable bonds is 3. The van der Waals surface area contributed by atoms with Crippen LogP contribution in [0.2, 0.25) is 5.15 Å². The van der Waals surface area contributed by atoms with Crippen LogP contribution in [0.3, 0.4) is 0 Å². The van der Waals surface area contributed by atoms with Gasteiger partial charge in [0.15, 0.2) is 0 Å². The number of aryl methyl sites for hydroxylation is 3. The lowest BCUT2D eigenvalue weighted by Crippen LogP contribution is -2.09. The van der Waals surface area contributed by atoms with E-state index in [0.29, 0.717) is 10.7 Å². The lowest BCUT2D eigenvalue weighted by Gasteiger charge is -2.16. The summed E-state index contributed by atoms with van der Waals surface area (Å²) in [4.78, 5) is 4.26. The van der Waals surface area contributed by atoms with E-state index in [9.17, 15) is 12.3 Å². The number of hydrogen-bond acceptors (Lipinski definition) is 3. The number of halogens is 2. The predicted molar refractivity (Wildman–Crippen MR) is 64.5 cm³/mol. The summed E-state index contributed by atoms with van der Waals surface area (Å²) >= 11 is 5.96. The Bertz CT molecular complexity index is 531. The van der Waals surface area contributed by atoms with Crippen LogP contribution in [0.4, 0.5) is 3.89 Å². The maximum atomic E-state index is 12.5. The largest absolute Gasteiger partial charge is 0.302 e. The summed E-state index contributed by atoms with van der Waals surface area (Å²) in [6.07, 6.45) is 4.15. The Kier molecular flexibility index (Phi) is 3.68. The van der Waals surface area contributed by atoms with Crippen LogP contribution in [0.1, 0.15) is 29.7 Å². The molecule has 1 aromatic heterocycles. The van der Waals surface area contributed by atoms with E-state index in [2.05, 4.69) is 4.98 Å². The highest BCUT2D eigenvalue weighted by Gasteiger charge is 2.16. The van der Waals surface area contributed by atoms with Gasteiger partial charge >= 0.3 is 10.2 Å². The van der Waals surface area contributed by atoms with Gasteiger partial charge in [0, 0.05) is 5.69 Å². The van der Waals surface area contributed by atoms with Gasteiger partial charge in [0.25, 0.3) is 0 Å². The lowest BCUT2D eigenvalue weighted by molar-refractivity contribution is 0.551. The van der Waals surface area contributed by atoms with E-state index < -0.39 is 16.0 Å². The van der Waals surface area contributed by atoms with Crippen molar-refractivity contribution in [2.75, 3.05) is 5.75 Å². The third kappa shape index (κ3) is 3.39. The molecule has 1 aliphatic rings. The van der Waals surface area contributed by atoms with E-state index in [0.717, 1.165) is 36.9 Å². The molecule has 0 bridgehead atoms. The topological polar surface area (TPSA) is 47.0 Å². The van der Waals surface area contributed by atoms with Crippen LogP contribution in [0, 0.1) is 0 Å². The molecule has 94 valence electrons. The van der Waals surface area contributed by atoms with E-state index in [1.54, 1.807) is 0 Å². The summed E-state index contributed by atoms with van der Waals surface area (Å²) in [5.74, 6) is -0.535. The van der Waals surface area contributed by atoms with E-state index in [4.69, 9.17) is 11.6 Å². The number of nitrogens with zero attached hydrogens (tertiary/aromatic N) is 1. The van der Waals surface area contributed by atoms with Crippen LogP contribution in [0.25, 0.3) is 0 Å². The Morgan fingerprint density at radius 2 is 2.06 bits per heavy atom. The minimum absolute atomic E-state index is 0.0813. The highest BCUT2D eigenvalue weighted by molar-refractivity contribution is 7.86. The highest BCUT2D eigenvalue weighted by atomic mass is 35.5. The van der Waals surface area contributed by atoms with Gasteiger partial charge in [-0.1, -0.05) is 17.7 Å². The van der Waals surface area contributed by atoms with Crippen LogP contribution < -0.4 is 0 Å². The van der Waals surface area contributed by atoms with Gasteiger partial charge in [-0.25, -0.2) is 4.98 Å². The van der Waals surface area contributed by atoms with E-state index in [-0.39, 0.29) is 6.42 Å². The maximum absolute atomic E-state index is 12.5. The van der Waals surface area contributed by atoms with Gasteiger partial charge in [0.05, 0.1) is 5.75 Å². The number of pyridine rings is 1. The van der Waals surface area contributed by atoms with Gasteiger partial charge in [-0.05, 0) is 43.2 Å². The van der Waals surface area contributed by atoms with Crippen molar-refractivity contribution in [2.45, 2.75) is 32.1 Å². The molecular weight excluding hydrogens is 265 g/mol. The van der Waals surface area contributed by atoms with Crippen molar-refractivity contribution in [3.05, 3.63) is 28.0 Å². The molecule has 1 heterocycles. The standard InChI is InChI=1S/C11H13ClFNO2S/c12-11-9(5-6-17(13,15)16)7-8-3-1-2-4-10(8)14-11/h7H,1-6H2. The SMILES string of the molecule is O=S(=O)(F)CCc1cc2c(nc1Cl)CCCC2. The molecule has 0 unspecified atom stereocenters. The fourth-order valence-corrected chi connectivity index (χ4v) is 2.78. The minimum atomic E-state index is -4.45. The second-order valence-electron chi connectivity index (χ2n) is 4.24. The highest BCUT2D eigenvalue weighted by Crippen LogP contribution is 2.25. The van der Waals surface area contributed by atoms with Crippen molar-refractivity contribution in [1.82, 2.24) is 4.98 Å². The minimum Gasteiger partial charge on any atom is -0.241 e. The molecule has 3 nitrogen and oxygen atoms in total. The van der Waals surface area contributed by atoms with E-state index in [1.165, 1.54) is 0 Å². The van der Waals surface area contributed by atoms with Gasteiger partial charge in [-0.15, -0.1) is 3.89 Å². The zero-order valence-corrected chi connectivity index (χ0v) is 10.8. The van der Waals surface area contributed by atoms with Crippen molar-refractivity contribution in [3.8, 4) is 0 Å². The van der Waals surface area contributed by atoms with Gasteiger partial charge in [-0.3, -0.25) is 0 Å². The third-order valence-electron chi connectivity index (χ3n) is 2.94. The molecule has 1 aliphatic carbocycles. The predicted octanol–water partition coefficient (Wildman–Crippen LogP) is 2.46. The van der Waals surface area contributed by atoms with E-state index >= 15 is 0 Å². The van der Waals surface area contributed by atoms with Crippen molar-refractivity contribution >= 4 is 21.8 Å². The molecule has 17 heavy (non-hydrogen) atoms. The molecule has 0 N–H and O–H groups in total. The van der Waals surface area contributed by atoms with Gasteiger partial charge < -0.3 is 0 Å². The first kappa shape index (κ1) is 12.8. The molecular formula is C11H13ClFNO2S. The number of hydrogen-bond donors (Lipinski definition) is 0. The zero-order valence-electron chi connectivity index (χ0n) is 9.25. The summed E-state index contributed by atoms with van der Waals surface area (Å²) < 4.78 is 33.4. The van der Waals surface area contributed by atoms with E-state index in [1.807, 2.05) is 6.07 Å². The number of fused-ring (bicyclic) bond motifs is 1. The fraction of sp³-hybridized carbons (Fsp3) is 0.545. The van der Waals surface area contributed by atoms with Crippen LogP contribution >= 0.6 is 11.6 Å². The zero-order chi connectivity index (χ0) is 12.5. The smallest absolute Gasteiger partial charge is 0.241 e. The van der Waals surface area contributed by atoms with Crippen LogP contribution in [-0.2, 0) is 29.5 Å². The molecule has 6 heteroatoms. The van der Waals surface area contributed by atoms with Crippen LogP contribution in [-0.4, -0.2) is 19.2 Å².